The normalized spacial score (nSPS) is 20.6. The van der Waals surface area contributed by atoms with Crippen LogP contribution in [0.5, 0.6) is 0 Å². The minimum atomic E-state index is 0.0584. The van der Waals surface area contributed by atoms with Gasteiger partial charge in [-0.2, -0.15) is 0 Å². The number of piperidine rings is 1. The van der Waals surface area contributed by atoms with Crippen LogP contribution in [-0.4, -0.2) is 28.8 Å². The fraction of sp³-hybridized carbons (Fsp3) is 0.611. The zero-order valence-corrected chi connectivity index (χ0v) is 15.1. The van der Waals surface area contributed by atoms with Crippen LogP contribution in [0.15, 0.2) is 29.2 Å². The van der Waals surface area contributed by atoms with Gasteiger partial charge < -0.3 is 10.6 Å². The smallest absolute Gasteiger partial charge is 0.230 e. The van der Waals surface area contributed by atoms with Crippen LogP contribution in [0.25, 0.3) is 0 Å². The summed E-state index contributed by atoms with van der Waals surface area (Å²) >= 11 is 1.62. The lowest BCUT2D eigenvalue weighted by atomic mass is 9.79. The molecule has 4 heteroatoms. The van der Waals surface area contributed by atoms with Crippen molar-refractivity contribution in [2.24, 2.45) is 0 Å². The molecule has 0 aromatic heterocycles. The Morgan fingerprint density at radius 2 is 1.82 bits per heavy atom. The van der Waals surface area contributed by atoms with Crippen LogP contribution in [0.4, 0.5) is 0 Å². The quantitative estimate of drug-likeness (QED) is 0.834. The monoisotopic (exact) mass is 320 g/mol. The lowest BCUT2D eigenvalue weighted by Crippen LogP contribution is -2.62. The number of carbonyl (C=O) groups is 1. The SMILES string of the molecule is Cc1ccccc1SCC(=O)NC1CC(C)(C)NC(C)(C)C1. The number of hydrogen-bond donors (Lipinski definition) is 2. The van der Waals surface area contributed by atoms with Crippen molar-refractivity contribution in [1.29, 1.82) is 0 Å². The summed E-state index contributed by atoms with van der Waals surface area (Å²) < 4.78 is 0. The Hall–Kier alpha value is -1.00. The van der Waals surface area contributed by atoms with Gasteiger partial charge in [0.1, 0.15) is 0 Å². The molecule has 1 fully saturated rings. The van der Waals surface area contributed by atoms with Gasteiger partial charge in [0.05, 0.1) is 5.75 Å². The predicted molar refractivity (Wildman–Crippen MR) is 94.4 cm³/mol. The Balaban J connectivity index is 1.88. The molecule has 0 saturated carbocycles. The number of nitrogens with one attached hydrogen (secondary N) is 2. The summed E-state index contributed by atoms with van der Waals surface area (Å²) in [5.41, 5.74) is 1.34. The molecule has 1 aromatic rings. The molecular weight excluding hydrogens is 292 g/mol. The minimum absolute atomic E-state index is 0.0584. The molecule has 2 rings (SSSR count). The predicted octanol–water partition coefficient (Wildman–Crippen LogP) is 3.51. The number of hydrogen-bond acceptors (Lipinski definition) is 3. The molecule has 1 amide bonds. The standard InChI is InChI=1S/C18H28N2OS/c1-13-8-6-7-9-15(13)22-12-16(21)19-14-10-17(2,3)20-18(4,5)11-14/h6-9,14,20H,10-12H2,1-5H3,(H,19,21). The molecule has 1 aliphatic rings. The molecule has 0 spiro atoms. The largest absolute Gasteiger partial charge is 0.353 e. The molecular formula is C18H28N2OS. The van der Waals surface area contributed by atoms with Gasteiger partial charge in [-0.1, -0.05) is 18.2 Å². The summed E-state index contributed by atoms with van der Waals surface area (Å²) in [4.78, 5) is 13.4. The van der Waals surface area contributed by atoms with E-state index in [1.807, 2.05) is 12.1 Å². The number of carbonyl (C=O) groups excluding carboxylic acids is 1. The van der Waals surface area contributed by atoms with Crippen molar-refractivity contribution in [3.63, 3.8) is 0 Å². The summed E-state index contributed by atoms with van der Waals surface area (Å²) in [6, 6.07) is 8.45. The van der Waals surface area contributed by atoms with E-state index in [0.29, 0.717) is 5.75 Å². The number of benzene rings is 1. The van der Waals surface area contributed by atoms with E-state index in [9.17, 15) is 4.79 Å². The fourth-order valence-corrected chi connectivity index (χ4v) is 4.40. The number of thioether (sulfide) groups is 1. The van der Waals surface area contributed by atoms with Gasteiger partial charge in [0.15, 0.2) is 0 Å². The lowest BCUT2D eigenvalue weighted by Gasteiger charge is -2.46. The van der Waals surface area contributed by atoms with Gasteiger partial charge in [-0.25, -0.2) is 0 Å². The molecule has 3 nitrogen and oxygen atoms in total. The van der Waals surface area contributed by atoms with Gasteiger partial charge in [-0.05, 0) is 59.1 Å². The molecule has 1 aliphatic heterocycles. The Morgan fingerprint density at radius 3 is 2.41 bits per heavy atom. The maximum Gasteiger partial charge on any atom is 0.230 e. The van der Waals surface area contributed by atoms with Gasteiger partial charge in [-0.3, -0.25) is 4.79 Å². The topological polar surface area (TPSA) is 41.1 Å². The summed E-state index contributed by atoms with van der Waals surface area (Å²) in [5.74, 6) is 0.613. The molecule has 1 saturated heterocycles. The maximum atomic E-state index is 12.3. The van der Waals surface area contributed by atoms with Gasteiger partial charge in [0.25, 0.3) is 0 Å². The summed E-state index contributed by atoms with van der Waals surface area (Å²) in [5, 5.41) is 6.86. The lowest BCUT2D eigenvalue weighted by molar-refractivity contribution is -0.119. The van der Waals surface area contributed by atoms with Crippen molar-refractivity contribution in [2.45, 2.75) is 69.5 Å². The average Bonchev–Trinajstić information content (AvgIpc) is 2.33. The Bertz CT molecular complexity index is 524. The van der Waals surface area contributed by atoms with Crippen molar-refractivity contribution in [3.05, 3.63) is 29.8 Å². The van der Waals surface area contributed by atoms with Crippen LogP contribution < -0.4 is 10.6 Å². The van der Waals surface area contributed by atoms with E-state index in [1.54, 1.807) is 11.8 Å². The van der Waals surface area contributed by atoms with Crippen LogP contribution in [0.1, 0.15) is 46.1 Å². The third-order valence-electron chi connectivity index (χ3n) is 4.01. The Labute approximate surface area is 138 Å². The summed E-state index contributed by atoms with van der Waals surface area (Å²) in [6.07, 6.45) is 1.94. The third-order valence-corrected chi connectivity index (χ3v) is 5.18. The second kappa shape index (κ2) is 6.63. The molecule has 22 heavy (non-hydrogen) atoms. The van der Waals surface area contributed by atoms with E-state index in [1.165, 1.54) is 10.5 Å². The van der Waals surface area contributed by atoms with Crippen LogP contribution in [0.3, 0.4) is 0 Å². The van der Waals surface area contributed by atoms with E-state index >= 15 is 0 Å². The van der Waals surface area contributed by atoms with Crippen molar-refractivity contribution < 1.29 is 4.79 Å². The molecule has 0 atom stereocenters. The Morgan fingerprint density at radius 1 is 1.23 bits per heavy atom. The zero-order valence-electron chi connectivity index (χ0n) is 14.3. The van der Waals surface area contributed by atoms with Crippen molar-refractivity contribution in [2.75, 3.05) is 5.75 Å². The first-order chi connectivity index (χ1) is 10.2. The maximum absolute atomic E-state index is 12.3. The highest BCUT2D eigenvalue weighted by Gasteiger charge is 2.38. The van der Waals surface area contributed by atoms with Gasteiger partial charge in [0, 0.05) is 22.0 Å². The van der Waals surface area contributed by atoms with Crippen molar-refractivity contribution >= 4 is 17.7 Å². The molecule has 0 unspecified atom stereocenters. The van der Waals surface area contributed by atoms with Crippen LogP contribution >= 0.6 is 11.8 Å². The third kappa shape index (κ3) is 5.03. The van der Waals surface area contributed by atoms with E-state index < -0.39 is 0 Å². The van der Waals surface area contributed by atoms with Crippen LogP contribution in [-0.2, 0) is 4.79 Å². The van der Waals surface area contributed by atoms with Crippen LogP contribution in [0.2, 0.25) is 0 Å². The van der Waals surface area contributed by atoms with Gasteiger partial charge in [0.2, 0.25) is 5.91 Å². The molecule has 0 radical (unpaired) electrons. The van der Waals surface area contributed by atoms with E-state index in [0.717, 1.165) is 12.8 Å². The first-order valence-corrected chi connectivity index (χ1v) is 8.93. The molecule has 122 valence electrons. The van der Waals surface area contributed by atoms with Crippen molar-refractivity contribution in [3.8, 4) is 0 Å². The molecule has 1 heterocycles. The van der Waals surface area contributed by atoms with Gasteiger partial charge in [-0.15, -0.1) is 11.8 Å². The molecule has 0 aliphatic carbocycles. The summed E-state index contributed by atoms with van der Waals surface area (Å²) in [7, 11) is 0. The van der Waals surface area contributed by atoms with Gasteiger partial charge >= 0.3 is 0 Å². The molecule has 0 bridgehead atoms. The van der Waals surface area contributed by atoms with E-state index in [-0.39, 0.29) is 23.0 Å². The average molecular weight is 321 g/mol. The fourth-order valence-electron chi connectivity index (χ4n) is 3.56. The highest BCUT2D eigenvalue weighted by atomic mass is 32.2. The minimum Gasteiger partial charge on any atom is -0.353 e. The first-order valence-electron chi connectivity index (χ1n) is 7.94. The van der Waals surface area contributed by atoms with E-state index in [4.69, 9.17) is 0 Å². The molecule has 2 N–H and O–H groups in total. The van der Waals surface area contributed by atoms with Crippen molar-refractivity contribution in [1.82, 2.24) is 10.6 Å². The number of rotatable bonds is 4. The Kier molecular flexibility index (Phi) is 5.23. The molecule has 1 aromatic carbocycles. The second-order valence-corrected chi connectivity index (χ2v) is 8.64. The first kappa shape index (κ1) is 17.4. The number of aryl methyl sites for hydroxylation is 1. The highest BCUT2D eigenvalue weighted by Crippen LogP contribution is 2.28. The number of amides is 1. The second-order valence-electron chi connectivity index (χ2n) is 7.62. The van der Waals surface area contributed by atoms with Crippen LogP contribution in [0, 0.1) is 6.92 Å². The van der Waals surface area contributed by atoms with E-state index in [2.05, 4.69) is 57.4 Å². The zero-order chi connectivity index (χ0) is 16.4. The highest BCUT2D eigenvalue weighted by molar-refractivity contribution is 8.00. The summed E-state index contributed by atoms with van der Waals surface area (Å²) in [6.45, 7) is 10.9.